The lowest BCUT2D eigenvalue weighted by Crippen LogP contribution is -2.27. The Morgan fingerprint density at radius 1 is 0.900 bits per heavy atom. The molecule has 4 nitrogen and oxygen atoms in total. The van der Waals surface area contributed by atoms with Crippen LogP contribution in [0.3, 0.4) is 0 Å². The van der Waals surface area contributed by atoms with Gasteiger partial charge in [-0.2, -0.15) is 0 Å². The summed E-state index contributed by atoms with van der Waals surface area (Å²) in [6, 6.07) is 0. The van der Waals surface area contributed by atoms with Crippen molar-refractivity contribution in [1.29, 1.82) is 0 Å². The first kappa shape index (κ1) is 19.4. The number of rotatable bonds is 13. The average Bonchev–Trinajstić information content (AvgIpc) is 2.36. The zero-order chi connectivity index (χ0) is 15.2. The predicted molar refractivity (Wildman–Crippen MR) is 82.8 cm³/mol. The molecule has 1 amide bonds. The van der Waals surface area contributed by atoms with Gasteiger partial charge < -0.3 is 14.8 Å². The van der Waals surface area contributed by atoms with E-state index < -0.39 is 0 Å². The Morgan fingerprint density at radius 2 is 1.50 bits per heavy atom. The summed E-state index contributed by atoms with van der Waals surface area (Å²) < 4.78 is 10.8. The van der Waals surface area contributed by atoms with Crippen LogP contribution >= 0.6 is 0 Å². The van der Waals surface area contributed by atoms with Gasteiger partial charge in [0.25, 0.3) is 0 Å². The number of ether oxygens (including phenoxy) is 2. The number of carbonyl (C=O) groups excluding carboxylic acids is 1. The first-order valence-electron chi connectivity index (χ1n) is 7.94. The summed E-state index contributed by atoms with van der Waals surface area (Å²) >= 11 is 0. The fourth-order valence-electron chi connectivity index (χ4n) is 1.66. The Balaban J connectivity index is 3.17. The molecule has 0 bridgehead atoms. The summed E-state index contributed by atoms with van der Waals surface area (Å²) in [4.78, 5) is 11.5. The van der Waals surface area contributed by atoms with Gasteiger partial charge in [-0.25, -0.2) is 0 Å². The Kier molecular flexibility index (Phi) is 13.0. The third kappa shape index (κ3) is 15.4. The van der Waals surface area contributed by atoms with Crippen LogP contribution in [-0.2, 0) is 14.3 Å². The molecule has 0 unspecified atom stereocenters. The van der Waals surface area contributed by atoms with Crippen molar-refractivity contribution in [3.63, 3.8) is 0 Å². The summed E-state index contributed by atoms with van der Waals surface area (Å²) in [6.07, 6.45) is 3.79. The maximum Gasteiger partial charge on any atom is 0.220 e. The molecule has 0 spiro atoms. The SMILES string of the molecule is CC(C)CCCC(=O)NCCOCCOCCC(C)C. The molecule has 20 heavy (non-hydrogen) atoms. The van der Waals surface area contributed by atoms with Crippen LogP contribution in [0.1, 0.15) is 53.4 Å². The van der Waals surface area contributed by atoms with Crippen molar-refractivity contribution in [2.45, 2.75) is 53.4 Å². The first-order chi connectivity index (χ1) is 9.52. The molecule has 0 heterocycles. The highest BCUT2D eigenvalue weighted by Gasteiger charge is 2.01. The third-order valence-electron chi connectivity index (χ3n) is 2.97. The number of hydrogen-bond acceptors (Lipinski definition) is 3. The van der Waals surface area contributed by atoms with Gasteiger partial charge in [0.2, 0.25) is 5.91 Å². The topological polar surface area (TPSA) is 47.6 Å². The molecule has 0 aliphatic carbocycles. The highest BCUT2D eigenvalue weighted by Crippen LogP contribution is 2.05. The molecule has 0 aromatic carbocycles. The van der Waals surface area contributed by atoms with Gasteiger partial charge >= 0.3 is 0 Å². The Hall–Kier alpha value is -0.610. The molecule has 0 saturated carbocycles. The molecular formula is C16H33NO3. The zero-order valence-corrected chi connectivity index (χ0v) is 13.7. The second kappa shape index (κ2) is 13.4. The minimum atomic E-state index is 0.127. The maximum atomic E-state index is 11.5. The molecule has 0 aromatic rings. The lowest BCUT2D eigenvalue weighted by Gasteiger charge is -2.08. The van der Waals surface area contributed by atoms with Crippen LogP contribution in [0.25, 0.3) is 0 Å². The van der Waals surface area contributed by atoms with E-state index in [4.69, 9.17) is 9.47 Å². The largest absolute Gasteiger partial charge is 0.379 e. The number of carbonyl (C=O) groups is 1. The molecule has 0 aliphatic rings. The van der Waals surface area contributed by atoms with Crippen molar-refractivity contribution in [2.24, 2.45) is 11.8 Å². The van der Waals surface area contributed by atoms with E-state index in [1.54, 1.807) is 0 Å². The van der Waals surface area contributed by atoms with E-state index in [1.807, 2.05) is 0 Å². The van der Waals surface area contributed by atoms with Crippen molar-refractivity contribution in [1.82, 2.24) is 5.32 Å². The molecule has 0 rings (SSSR count). The van der Waals surface area contributed by atoms with E-state index in [9.17, 15) is 4.79 Å². The van der Waals surface area contributed by atoms with Crippen molar-refractivity contribution in [3.8, 4) is 0 Å². The molecule has 4 heteroatoms. The fraction of sp³-hybridized carbons (Fsp3) is 0.938. The maximum absolute atomic E-state index is 11.5. The van der Waals surface area contributed by atoms with Crippen molar-refractivity contribution >= 4 is 5.91 Å². The molecule has 0 aromatic heterocycles. The van der Waals surface area contributed by atoms with Gasteiger partial charge in [-0.15, -0.1) is 0 Å². The van der Waals surface area contributed by atoms with E-state index in [1.165, 1.54) is 0 Å². The monoisotopic (exact) mass is 287 g/mol. The molecule has 0 radical (unpaired) electrons. The smallest absolute Gasteiger partial charge is 0.220 e. The second-order valence-corrected chi connectivity index (χ2v) is 6.04. The zero-order valence-electron chi connectivity index (χ0n) is 13.7. The highest BCUT2D eigenvalue weighted by molar-refractivity contribution is 5.75. The predicted octanol–water partition coefficient (Wildman–Crippen LogP) is 3.01. The normalized spacial score (nSPS) is 11.3. The van der Waals surface area contributed by atoms with Gasteiger partial charge in [0.1, 0.15) is 0 Å². The minimum absolute atomic E-state index is 0.127. The van der Waals surface area contributed by atoms with Crippen LogP contribution < -0.4 is 5.32 Å². The van der Waals surface area contributed by atoms with Crippen molar-refractivity contribution < 1.29 is 14.3 Å². The molecule has 0 fully saturated rings. The summed E-state index contributed by atoms with van der Waals surface area (Å²) in [7, 11) is 0. The molecular weight excluding hydrogens is 254 g/mol. The standard InChI is InChI=1S/C16H33NO3/c1-14(2)6-5-7-16(18)17-9-11-20-13-12-19-10-8-15(3)4/h14-15H,5-13H2,1-4H3,(H,17,18). The number of nitrogens with one attached hydrogen (secondary N) is 1. The quantitative estimate of drug-likeness (QED) is 0.530. The van der Waals surface area contributed by atoms with Gasteiger partial charge in [-0.1, -0.05) is 34.1 Å². The summed E-state index contributed by atoms with van der Waals surface area (Å²) in [5.74, 6) is 1.48. The third-order valence-corrected chi connectivity index (χ3v) is 2.97. The van der Waals surface area contributed by atoms with E-state index in [-0.39, 0.29) is 5.91 Å². The molecule has 1 N–H and O–H groups in total. The van der Waals surface area contributed by atoms with Crippen LogP contribution in [0.15, 0.2) is 0 Å². The lowest BCUT2D eigenvalue weighted by atomic mass is 10.1. The Labute approximate surface area is 124 Å². The second-order valence-electron chi connectivity index (χ2n) is 6.04. The summed E-state index contributed by atoms with van der Waals surface area (Å²) in [5.41, 5.74) is 0. The van der Waals surface area contributed by atoms with Crippen LogP contribution in [0.2, 0.25) is 0 Å². The van der Waals surface area contributed by atoms with Gasteiger partial charge in [0.15, 0.2) is 0 Å². The average molecular weight is 287 g/mol. The van der Waals surface area contributed by atoms with Crippen molar-refractivity contribution in [2.75, 3.05) is 33.0 Å². The Bertz CT molecular complexity index is 230. The van der Waals surface area contributed by atoms with Crippen LogP contribution in [0.4, 0.5) is 0 Å². The summed E-state index contributed by atoms with van der Waals surface area (Å²) in [5, 5.41) is 2.87. The molecule has 120 valence electrons. The van der Waals surface area contributed by atoms with Gasteiger partial charge in [0, 0.05) is 19.6 Å². The van der Waals surface area contributed by atoms with Crippen LogP contribution in [0, 0.1) is 11.8 Å². The van der Waals surface area contributed by atoms with E-state index in [0.29, 0.717) is 44.6 Å². The molecule has 0 aliphatic heterocycles. The molecule has 0 saturated heterocycles. The number of hydrogen-bond donors (Lipinski definition) is 1. The van der Waals surface area contributed by atoms with Gasteiger partial charge in [-0.3, -0.25) is 4.79 Å². The van der Waals surface area contributed by atoms with Gasteiger partial charge in [-0.05, 0) is 24.7 Å². The molecule has 0 atom stereocenters. The van der Waals surface area contributed by atoms with Crippen LogP contribution in [-0.4, -0.2) is 38.9 Å². The fourth-order valence-corrected chi connectivity index (χ4v) is 1.66. The van der Waals surface area contributed by atoms with Crippen LogP contribution in [0.5, 0.6) is 0 Å². The van der Waals surface area contributed by atoms with Crippen molar-refractivity contribution in [3.05, 3.63) is 0 Å². The Morgan fingerprint density at radius 3 is 2.10 bits per heavy atom. The van der Waals surface area contributed by atoms with E-state index in [0.717, 1.165) is 25.9 Å². The number of amides is 1. The van der Waals surface area contributed by atoms with Gasteiger partial charge in [0.05, 0.1) is 19.8 Å². The van der Waals surface area contributed by atoms with E-state index in [2.05, 4.69) is 33.0 Å². The highest BCUT2D eigenvalue weighted by atomic mass is 16.5. The first-order valence-corrected chi connectivity index (χ1v) is 7.94. The summed E-state index contributed by atoms with van der Waals surface area (Å²) in [6.45, 7) is 11.9. The lowest BCUT2D eigenvalue weighted by molar-refractivity contribution is -0.121. The van der Waals surface area contributed by atoms with E-state index >= 15 is 0 Å². The minimum Gasteiger partial charge on any atom is -0.379 e.